The molecule has 3 rings (SSSR count). The van der Waals surface area contributed by atoms with Crippen molar-refractivity contribution in [2.24, 2.45) is 0 Å². The summed E-state index contributed by atoms with van der Waals surface area (Å²) < 4.78 is 5.35. The molecule has 0 fully saturated rings. The number of halogens is 1. The van der Waals surface area contributed by atoms with Gasteiger partial charge in [0.05, 0.1) is 12.6 Å². The van der Waals surface area contributed by atoms with Crippen molar-refractivity contribution in [3.63, 3.8) is 0 Å². The predicted octanol–water partition coefficient (Wildman–Crippen LogP) is 1.92. The van der Waals surface area contributed by atoms with Crippen LogP contribution in [0.3, 0.4) is 0 Å². The number of ether oxygens (including phenoxy) is 1. The Morgan fingerprint density at radius 1 is 0.957 bits per heavy atom. The SMILES string of the molecule is COc1ccc2nc(C)cc(Nc3cccc(C)c3C)c2c1.[Cl-]. The lowest BCUT2D eigenvalue weighted by Gasteiger charge is -2.14. The zero-order valence-corrected chi connectivity index (χ0v) is 14.5. The largest absolute Gasteiger partial charge is 1.00 e. The number of nitrogens with zero attached hydrogens (tertiary/aromatic N) is 1. The summed E-state index contributed by atoms with van der Waals surface area (Å²) in [4.78, 5) is 4.60. The zero-order chi connectivity index (χ0) is 15.7. The zero-order valence-electron chi connectivity index (χ0n) is 13.8. The van der Waals surface area contributed by atoms with Gasteiger partial charge in [0, 0.05) is 22.5 Å². The van der Waals surface area contributed by atoms with E-state index in [4.69, 9.17) is 4.74 Å². The van der Waals surface area contributed by atoms with Crippen molar-refractivity contribution in [2.45, 2.75) is 20.8 Å². The van der Waals surface area contributed by atoms with Crippen molar-refractivity contribution < 1.29 is 17.1 Å². The van der Waals surface area contributed by atoms with Crippen molar-refractivity contribution in [2.75, 3.05) is 12.4 Å². The van der Waals surface area contributed by atoms with Crippen molar-refractivity contribution in [3.05, 3.63) is 59.3 Å². The number of pyridine rings is 1. The van der Waals surface area contributed by atoms with Crippen LogP contribution < -0.4 is 22.5 Å². The number of benzene rings is 2. The molecule has 0 saturated heterocycles. The number of nitrogens with one attached hydrogen (secondary N) is 1. The van der Waals surface area contributed by atoms with E-state index in [1.54, 1.807) is 7.11 Å². The highest BCUT2D eigenvalue weighted by Gasteiger charge is 2.08. The van der Waals surface area contributed by atoms with Crippen LogP contribution in [0.1, 0.15) is 16.8 Å². The molecule has 1 N–H and O–H groups in total. The first-order chi connectivity index (χ1) is 10.6. The fourth-order valence-corrected chi connectivity index (χ4v) is 2.60. The van der Waals surface area contributed by atoms with Crippen LogP contribution >= 0.6 is 0 Å². The Hall–Kier alpha value is -2.26. The molecule has 0 saturated carbocycles. The summed E-state index contributed by atoms with van der Waals surface area (Å²) >= 11 is 0. The second-order valence-corrected chi connectivity index (χ2v) is 5.57. The van der Waals surface area contributed by atoms with Gasteiger partial charge in [-0.15, -0.1) is 0 Å². The van der Waals surface area contributed by atoms with Crippen LogP contribution in [-0.4, -0.2) is 12.1 Å². The molecule has 0 amide bonds. The summed E-state index contributed by atoms with van der Waals surface area (Å²) in [6.07, 6.45) is 0. The normalized spacial score (nSPS) is 10.3. The summed E-state index contributed by atoms with van der Waals surface area (Å²) in [5.74, 6) is 0.835. The molecule has 0 unspecified atom stereocenters. The van der Waals surface area contributed by atoms with Gasteiger partial charge in [-0.3, -0.25) is 4.98 Å². The molecule has 0 radical (unpaired) electrons. The maximum absolute atomic E-state index is 5.35. The van der Waals surface area contributed by atoms with Crippen molar-refractivity contribution in [1.82, 2.24) is 4.98 Å². The third-order valence-electron chi connectivity index (χ3n) is 4.02. The Kier molecular flexibility index (Phi) is 5.12. The quantitative estimate of drug-likeness (QED) is 0.798. The van der Waals surface area contributed by atoms with Gasteiger partial charge in [0.1, 0.15) is 5.75 Å². The maximum Gasteiger partial charge on any atom is 0.119 e. The van der Waals surface area contributed by atoms with Crippen LogP contribution in [0.25, 0.3) is 10.9 Å². The van der Waals surface area contributed by atoms with E-state index >= 15 is 0 Å². The number of hydrogen-bond donors (Lipinski definition) is 1. The van der Waals surface area contributed by atoms with Crippen LogP contribution in [0.15, 0.2) is 42.5 Å². The predicted molar refractivity (Wildman–Crippen MR) is 92.2 cm³/mol. The molecule has 0 aliphatic rings. The fourth-order valence-electron chi connectivity index (χ4n) is 2.60. The molecule has 0 aliphatic carbocycles. The Bertz CT molecular complexity index is 846. The summed E-state index contributed by atoms with van der Waals surface area (Å²) in [6, 6.07) is 14.3. The molecule has 1 heterocycles. The average Bonchev–Trinajstić information content (AvgIpc) is 2.51. The fraction of sp³-hybridized carbons (Fsp3) is 0.211. The number of anilines is 2. The van der Waals surface area contributed by atoms with E-state index < -0.39 is 0 Å². The standard InChI is InChI=1S/C19H20N2O.ClH/c1-12-6-5-7-17(14(12)3)21-19-10-13(2)20-18-9-8-15(22-4)11-16(18)19;/h5-11H,1-4H3,(H,20,21);1H/p-1. The number of rotatable bonds is 3. The Labute approximate surface area is 143 Å². The van der Waals surface area contributed by atoms with E-state index in [9.17, 15) is 0 Å². The topological polar surface area (TPSA) is 34.1 Å². The number of fused-ring (bicyclic) bond motifs is 1. The van der Waals surface area contributed by atoms with Gasteiger partial charge >= 0.3 is 0 Å². The van der Waals surface area contributed by atoms with Gasteiger partial charge in [0.15, 0.2) is 0 Å². The van der Waals surface area contributed by atoms with Crippen molar-refractivity contribution in [1.29, 1.82) is 0 Å². The minimum Gasteiger partial charge on any atom is -1.00 e. The Morgan fingerprint density at radius 2 is 1.74 bits per heavy atom. The molecule has 1 aromatic heterocycles. The Morgan fingerprint density at radius 3 is 2.48 bits per heavy atom. The van der Waals surface area contributed by atoms with E-state index in [-0.39, 0.29) is 12.4 Å². The Balaban J connectivity index is 0.00000192. The minimum absolute atomic E-state index is 0. The first-order valence-electron chi connectivity index (χ1n) is 7.37. The first kappa shape index (κ1) is 17.1. The van der Waals surface area contributed by atoms with Crippen molar-refractivity contribution in [3.8, 4) is 5.75 Å². The second-order valence-electron chi connectivity index (χ2n) is 5.57. The van der Waals surface area contributed by atoms with Crippen molar-refractivity contribution >= 4 is 22.3 Å². The molecule has 2 aromatic carbocycles. The van der Waals surface area contributed by atoms with E-state index in [0.717, 1.165) is 33.7 Å². The first-order valence-corrected chi connectivity index (χ1v) is 7.37. The van der Waals surface area contributed by atoms with Crippen LogP contribution in [0.4, 0.5) is 11.4 Å². The van der Waals surface area contributed by atoms with Crippen LogP contribution in [0, 0.1) is 20.8 Å². The van der Waals surface area contributed by atoms with E-state index in [2.05, 4.69) is 48.4 Å². The third kappa shape index (κ3) is 3.40. The van der Waals surface area contributed by atoms with Gasteiger partial charge in [-0.05, 0) is 62.2 Å². The number of aromatic nitrogens is 1. The molecule has 0 atom stereocenters. The van der Waals surface area contributed by atoms with Gasteiger partial charge in [-0.2, -0.15) is 0 Å². The average molecular weight is 328 g/mol. The minimum atomic E-state index is 0. The summed E-state index contributed by atoms with van der Waals surface area (Å²) in [5.41, 5.74) is 6.66. The molecule has 120 valence electrons. The van der Waals surface area contributed by atoms with Gasteiger partial charge < -0.3 is 22.5 Å². The highest BCUT2D eigenvalue weighted by Crippen LogP contribution is 2.31. The summed E-state index contributed by atoms with van der Waals surface area (Å²) in [6.45, 7) is 6.27. The molecule has 0 bridgehead atoms. The monoisotopic (exact) mass is 327 g/mol. The highest BCUT2D eigenvalue weighted by molar-refractivity contribution is 5.94. The molecule has 3 aromatic rings. The maximum atomic E-state index is 5.35. The molecule has 4 heteroatoms. The van der Waals surface area contributed by atoms with E-state index in [1.165, 1.54) is 11.1 Å². The van der Waals surface area contributed by atoms with Crippen LogP contribution in [-0.2, 0) is 0 Å². The van der Waals surface area contributed by atoms with Gasteiger partial charge in [0.25, 0.3) is 0 Å². The third-order valence-corrected chi connectivity index (χ3v) is 4.02. The van der Waals surface area contributed by atoms with E-state index in [0.29, 0.717) is 0 Å². The second kappa shape index (κ2) is 6.88. The lowest BCUT2D eigenvalue weighted by molar-refractivity contribution is -0.00000498. The number of methoxy groups -OCH3 is 1. The van der Waals surface area contributed by atoms with E-state index in [1.807, 2.05) is 25.1 Å². The lowest BCUT2D eigenvalue weighted by Crippen LogP contribution is -3.00. The molecular weight excluding hydrogens is 308 g/mol. The summed E-state index contributed by atoms with van der Waals surface area (Å²) in [5, 5.41) is 4.61. The van der Waals surface area contributed by atoms with Crippen LogP contribution in [0.2, 0.25) is 0 Å². The van der Waals surface area contributed by atoms with Crippen LogP contribution in [0.5, 0.6) is 5.75 Å². The smallest absolute Gasteiger partial charge is 0.119 e. The van der Waals surface area contributed by atoms with Gasteiger partial charge in [-0.25, -0.2) is 0 Å². The van der Waals surface area contributed by atoms with Gasteiger partial charge in [-0.1, -0.05) is 12.1 Å². The lowest BCUT2D eigenvalue weighted by atomic mass is 10.1. The highest BCUT2D eigenvalue weighted by atomic mass is 35.5. The number of hydrogen-bond acceptors (Lipinski definition) is 3. The number of aryl methyl sites for hydroxylation is 2. The molecule has 3 nitrogen and oxygen atoms in total. The molecule has 0 aliphatic heterocycles. The molecular formula is C19H20ClN2O-. The van der Waals surface area contributed by atoms with Gasteiger partial charge in [0.2, 0.25) is 0 Å². The molecule has 0 spiro atoms. The molecule has 23 heavy (non-hydrogen) atoms. The summed E-state index contributed by atoms with van der Waals surface area (Å²) in [7, 11) is 1.68.